The second-order valence-corrected chi connectivity index (χ2v) is 3.74. The molecule has 6 heteroatoms. The molecule has 0 aliphatic heterocycles. The van der Waals surface area contributed by atoms with Crippen molar-refractivity contribution >= 4 is 21.9 Å². The van der Waals surface area contributed by atoms with Crippen molar-refractivity contribution in [2.45, 2.75) is 6.04 Å². The van der Waals surface area contributed by atoms with Crippen molar-refractivity contribution in [2.75, 3.05) is 7.11 Å². The molecule has 0 saturated carbocycles. The molecule has 15 heavy (non-hydrogen) atoms. The van der Waals surface area contributed by atoms with Crippen LogP contribution in [-0.2, 0) is 9.53 Å². The number of carbonyl (C=O) groups is 1. The van der Waals surface area contributed by atoms with E-state index < -0.39 is 23.6 Å². The van der Waals surface area contributed by atoms with Crippen molar-refractivity contribution in [3.8, 4) is 5.75 Å². The fourth-order valence-corrected chi connectivity index (χ4v) is 1.52. The minimum Gasteiger partial charge on any atom is -0.505 e. The monoisotopic (exact) mass is 277 g/mol. The highest BCUT2D eigenvalue weighted by Crippen LogP contribution is 2.30. The third-order valence-corrected chi connectivity index (χ3v) is 2.31. The number of ether oxygens (including phenoxy) is 1. The standard InChI is InChI=1S/C9H9BrFNO3/c1-15-9(14)7(12)5-2-4(10)3-6(11)8(5)13/h2-3,7,13H,12H2,1H3. The van der Waals surface area contributed by atoms with E-state index in [4.69, 9.17) is 5.73 Å². The highest BCUT2D eigenvalue weighted by molar-refractivity contribution is 9.10. The third-order valence-electron chi connectivity index (χ3n) is 1.85. The number of esters is 1. The summed E-state index contributed by atoms with van der Waals surface area (Å²) in [6, 6.07) is 1.23. The topological polar surface area (TPSA) is 72.5 Å². The third kappa shape index (κ3) is 2.45. The molecule has 0 amide bonds. The lowest BCUT2D eigenvalue weighted by atomic mass is 10.1. The summed E-state index contributed by atoms with van der Waals surface area (Å²) in [5, 5.41) is 9.35. The molecular formula is C9H9BrFNO3. The van der Waals surface area contributed by atoms with E-state index in [0.717, 1.165) is 13.2 Å². The summed E-state index contributed by atoms with van der Waals surface area (Å²) in [6.07, 6.45) is 0. The summed E-state index contributed by atoms with van der Waals surface area (Å²) in [5.41, 5.74) is 5.45. The molecule has 4 nitrogen and oxygen atoms in total. The Balaban J connectivity index is 3.19. The summed E-state index contributed by atoms with van der Waals surface area (Å²) >= 11 is 3.03. The van der Waals surface area contributed by atoms with E-state index in [-0.39, 0.29) is 5.56 Å². The molecule has 1 aromatic rings. The SMILES string of the molecule is COC(=O)C(N)c1cc(Br)cc(F)c1O. The molecule has 82 valence electrons. The summed E-state index contributed by atoms with van der Waals surface area (Å²) in [7, 11) is 1.16. The number of hydrogen-bond acceptors (Lipinski definition) is 4. The van der Waals surface area contributed by atoms with Crippen LogP contribution in [0.1, 0.15) is 11.6 Å². The predicted octanol–water partition coefficient (Wildman–Crippen LogP) is 1.47. The zero-order valence-electron chi connectivity index (χ0n) is 7.83. The van der Waals surface area contributed by atoms with Crippen LogP contribution in [0.4, 0.5) is 4.39 Å². The maximum atomic E-state index is 13.1. The lowest BCUT2D eigenvalue weighted by Gasteiger charge is -2.12. The molecule has 0 heterocycles. The van der Waals surface area contributed by atoms with Gasteiger partial charge in [-0.1, -0.05) is 15.9 Å². The highest BCUT2D eigenvalue weighted by atomic mass is 79.9. The highest BCUT2D eigenvalue weighted by Gasteiger charge is 2.22. The molecular weight excluding hydrogens is 269 g/mol. The van der Waals surface area contributed by atoms with Crippen LogP contribution in [0.3, 0.4) is 0 Å². The number of phenolic OH excluding ortho intramolecular Hbond substituents is 1. The number of benzene rings is 1. The van der Waals surface area contributed by atoms with E-state index in [2.05, 4.69) is 20.7 Å². The fraction of sp³-hybridized carbons (Fsp3) is 0.222. The molecule has 1 atom stereocenters. The number of nitrogens with two attached hydrogens (primary N) is 1. The molecule has 1 rings (SSSR count). The van der Waals surface area contributed by atoms with Crippen LogP contribution < -0.4 is 5.73 Å². The predicted molar refractivity (Wildman–Crippen MR) is 54.7 cm³/mol. The van der Waals surface area contributed by atoms with Gasteiger partial charge in [-0.2, -0.15) is 0 Å². The zero-order valence-corrected chi connectivity index (χ0v) is 9.42. The van der Waals surface area contributed by atoms with Crippen LogP contribution in [-0.4, -0.2) is 18.2 Å². The van der Waals surface area contributed by atoms with Crippen molar-refractivity contribution in [1.82, 2.24) is 0 Å². The normalized spacial score (nSPS) is 12.3. The average Bonchev–Trinajstić information content (AvgIpc) is 2.21. The second-order valence-electron chi connectivity index (χ2n) is 2.83. The molecule has 3 N–H and O–H groups in total. The first-order valence-electron chi connectivity index (χ1n) is 3.98. The molecule has 0 aromatic heterocycles. The Morgan fingerprint density at radius 1 is 1.67 bits per heavy atom. The molecule has 0 aliphatic carbocycles. The molecule has 0 fully saturated rings. The Bertz CT molecular complexity index is 397. The summed E-state index contributed by atoms with van der Waals surface area (Å²) in [5.74, 6) is -2.24. The first kappa shape index (κ1) is 11.9. The van der Waals surface area contributed by atoms with Gasteiger partial charge in [0.25, 0.3) is 0 Å². The van der Waals surface area contributed by atoms with E-state index >= 15 is 0 Å². The maximum Gasteiger partial charge on any atom is 0.327 e. The molecule has 1 unspecified atom stereocenters. The number of halogens is 2. The molecule has 0 saturated heterocycles. The minimum atomic E-state index is -1.21. The van der Waals surface area contributed by atoms with Crippen molar-refractivity contribution in [2.24, 2.45) is 5.73 Å². The van der Waals surface area contributed by atoms with Gasteiger partial charge in [-0.25, -0.2) is 4.39 Å². The Morgan fingerprint density at radius 3 is 2.80 bits per heavy atom. The Morgan fingerprint density at radius 2 is 2.27 bits per heavy atom. The first-order chi connectivity index (χ1) is 6.97. The Kier molecular flexibility index (Phi) is 3.65. The van der Waals surface area contributed by atoms with Gasteiger partial charge in [0, 0.05) is 10.0 Å². The van der Waals surface area contributed by atoms with Gasteiger partial charge in [0.1, 0.15) is 6.04 Å². The first-order valence-corrected chi connectivity index (χ1v) is 4.78. The van der Waals surface area contributed by atoms with Gasteiger partial charge < -0.3 is 15.6 Å². The van der Waals surface area contributed by atoms with E-state index in [1.54, 1.807) is 0 Å². The summed E-state index contributed by atoms with van der Waals surface area (Å²) in [4.78, 5) is 11.1. The molecule has 0 bridgehead atoms. The van der Waals surface area contributed by atoms with Crippen LogP contribution in [0.15, 0.2) is 16.6 Å². The number of aromatic hydroxyl groups is 1. The smallest absolute Gasteiger partial charge is 0.327 e. The van der Waals surface area contributed by atoms with Gasteiger partial charge in [-0.15, -0.1) is 0 Å². The van der Waals surface area contributed by atoms with E-state index in [0.29, 0.717) is 4.47 Å². The quantitative estimate of drug-likeness (QED) is 0.803. The van der Waals surface area contributed by atoms with Gasteiger partial charge in [-0.3, -0.25) is 4.79 Å². The van der Waals surface area contributed by atoms with E-state index in [9.17, 15) is 14.3 Å². The lowest BCUT2D eigenvalue weighted by Crippen LogP contribution is -2.22. The van der Waals surface area contributed by atoms with Crippen molar-refractivity contribution in [1.29, 1.82) is 0 Å². The number of carbonyl (C=O) groups excluding carboxylic acids is 1. The fourth-order valence-electron chi connectivity index (χ4n) is 1.08. The van der Waals surface area contributed by atoms with Gasteiger partial charge in [-0.05, 0) is 12.1 Å². The van der Waals surface area contributed by atoms with Gasteiger partial charge in [0.2, 0.25) is 0 Å². The molecule has 1 aromatic carbocycles. The van der Waals surface area contributed by atoms with Crippen LogP contribution in [0.2, 0.25) is 0 Å². The molecule has 0 aliphatic rings. The van der Waals surface area contributed by atoms with Crippen LogP contribution >= 0.6 is 15.9 Å². The van der Waals surface area contributed by atoms with Crippen molar-refractivity contribution in [3.05, 3.63) is 28.0 Å². The zero-order chi connectivity index (χ0) is 11.6. The largest absolute Gasteiger partial charge is 0.505 e. The molecule has 0 spiro atoms. The number of rotatable bonds is 2. The van der Waals surface area contributed by atoms with Gasteiger partial charge in [0.05, 0.1) is 7.11 Å². The number of phenols is 1. The Labute approximate surface area is 94.0 Å². The maximum absolute atomic E-state index is 13.1. The van der Waals surface area contributed by atoms with E-state index in [1.165, 1.54) is 6.07 Å². The van der Waals surface area contributed by atoms with Crippen LogP contribution in [0.25, 0.3) is 0 Å². The average molecular weight is 278 g/mol. The summed E-state index contributed by atoms with van der Waals surface area (Å²) < 4.78 is 17.9. The van der Waals surface area contributed by atoms with Crippen molar-refractivity contribution < 1.29 is 19.0 Å². The second kappa shape index (κ2) is 4.59. The van der Waals surface area contributed by atoms with E-state index in [1.807, 2.05) is 0 Å². The molecule has 0 radical (unpaired) electrons. The van der Waals surface area contributed by atoms with Crippen LogP contribution in [0.5, 0.6) is 5.75 Å². The van der Waals surface area contributed by atoms with Gasteiger partial charge >= 0.3 is 5.97 Å². The Hall–Kier alpha value is -1.14. The van der Waals surface area contributed by atoms with Gasteiger partial charge in [0.15, 0.2) is 11.6 Å². The minimum absolute atomic E-state index is 0.0197. The van der Waals surface area contributed by atoms with Crippen molar-refractivity contribution in [3.63, 3.8) is 0 Å². The number of hydrogen-bond donors (Lipinski definition) is 2. The van der Waals surface area contributed by atoms with Crippen LogP contribution in [0, 0.1) is 5.82 Å². The lowest BCUT2D eigenvalue weighted by molar-refractivity contribution is -0.142. The summed E-state index contributed by atoms with van der Waals surface area (Å²) in [6.45, 7) is 0. The number of methoxy groups -OCH3 is 1.